The molecule has 1 N–H and O–H groups in total. The number of hydrogen-bond acceptors (Lipinski definition) is 5. The number of benzene rings is 4. The van der Waals surface area contributed by atoms with Gasteiger partial charge < -0.3 is 19.5 Å². The van der Waals surface area contributed by atoms with Crippen molar-refractivity contribution >= 4 is 46.1 Å². The lowest BCUT2D eigenvalue weighted by Gasteiger charge is -2.14. The minimum absolute atomic E-state index is 0.130. The maximum atomic E-state index is 12.4. The summed E-state index contributed by atoms with van der Waals surface area (Å²) < 4.78 is 18.3. The Morgan fingerprint density at radius 1 is 0.919 bits per heavy atom. The fraction of sp³-hybridized carbons (Fsp3) is 0.133. The minimum atomic E-state index is -0.242. The number of rotatable bonds is 10. The average Bonchev–Trinajstić information content (AvgIpc) is 2.88. The molecule has 0 aromatic heterocycles. The van der Waals surface area contributed by atoms with Gasteiger partial charge >= 0.3 is 0 Å². The van der Waals surface area contributed by atoms with Crippen molar-refractivity contribution in [2.45, 2.75) is 13.8 Å². The lowest BCUT2D eigenvalue weighted by atomic mass is 10.2. The van der Waals surface area contributed by atoms with Gasteiger partial charge in [-0.25, -0.2) is 0 Å². The molecule has 6 nitrogen and oxygen atoms in total. The number of carbonyl (C=O) groups is 1. The van der Waals surface area contributed by atoms with Crippen LogP contribution in [-0.4, -0.2) is 25.3 Å². The number of carbonyl (C=O) groups excluding carboxylic acids is 1. The molecular weight excluding hydrogens is 579 g/mol. The van der Waals surface area contributed by atoms with E-state index in [4.69, 9.17) is 14.2 Å². The van der Waals surface area contributed by atoms with Gasteiger partial charge in [-0.3, -0.25) is 9.79 Å². The van der Waals surface area contributed by atoms with Gasteiger partial charge in [-0.05, 0) is 108 Å². The number of amides is 1. The van der Waals surface area contributed by atoms with Crippen LogP contribution in [0.4, 0.5) is 11.4 Å². The third-order valence-corrected chi connectivity index (χ3v) is 5.96. The van der Waals surface area contributed by atoms with Crippen LogP contribution in [0.1, 0.15) is 18.1 Å². The highest BCUT2D eigenvalue weighted by molar-refractivity contribution is 14.1. The van der Waals surface area contributed by atoms with Crippen molar-refractivity contribution in [3.8, 4) is 23.0 Å². The zero-order valence-electron chi connectivity index (χ0n) is 20.6. The molecule has 4 rings (SSSR count). The van der Waals surface area contributed by atoms with Gasteiger partial charge in [0.25, 0.3) is 5.91 Å². The third-order valence-electron chi connectivity index (χ3n) is 5.16. The number of aliphatic imine (C=N–C) groups is 1. The number of nitrogens with one attached hydrogen (secondary N) is 1. The first-order chi connectivity index (χ1) is 18.0. The van der Waals surface area contributed by atoms with E-state index in [-0.39, 0.29) is 12.5 Å². The molecule has 0 aliphatic carbocycles. The molecule has 0 aliphatic rings. The molecule has 0 saturated heterocycles. The number of halogens is 1. The zero-order valence-corrected chi connectivity index (χ0v) is 22.8. The Labute approximate surface area is 230 Å². The second-order valence-corrected chi connectivity index (χ2v) is 9.30. The number of hydrogen-bond donors (Lipinski definition) is 1. The SMILES string of the molecule is CCOc1cc(C=Nc2ccc(Oc3ccccc3)cc2)cc(I)c1OCC(=O)Nc1cccc(C)c1. The molecule has 0 unspecified atom stereocenters. The highest BCUT2D eigenvalue weighted by Crippen LogP contribution is 2.34. The molecule has 0 fully saturated rings. The summed E-state index contributed by atoms with van der Waals surface area (Å²) in [5.74, 6) is 2.37. The first-order valence-electron chi connectivity index (χ1n) is 11.8. The molecule has 0 aliphatic heterocycles. The topological polar surface area (TPSA) is 69.1 Å². The molecule has 37 heavy (non-hydrogen) atoms. The van der Waals surface area contributed by atoms with Crippen molar-refractivity contribution in [1.29, 1.82) is 0 Å². The first-order valence-corrected chi connectivity index (χ1v) is 12.9. The molecule has 188 valence electrons. The Bertz CT molecular complexity index is 1370. The molecule has 0 bridgehead atoms. The van der Waals surface area contributed by atoms with Crippen LogP contribution >= 0.6 is 22.6 Å². The van der Waals surface area contributed by atoms with E-state index in [0.717, 1.165) is 37.6 Å². The lowest BCUT2D eigenvalue weighted by molar-refractivity contribution is -0.118. The Morgan fingerprint density at radius 2 is 1.68 bits per heavy atom. The fourth-order valence-electron chi connectivity index (χ4n) is 3.50. The van der Waals surface area contributed by atoms with Crippen molar-refractivity contribution in [1.82, 2.24) is 0 Å². The van der Waals surface area contributed by atoms with Gasteiger partial charge in [0.15, 0.2) is 18.1 Å². The number of para-hydroxylation sites is 1. The largest absolute Gasteiger partial charge is 0.490 e. The summed E-state index contributed by atoms with van der Waals surface area (Å²) in [5.41, 5.74) is 3.45. The van der Waals surface area contributed by atoms with Crippen LogP contribution in [0, 0.1) is 10.5 Å². The minimum Gasteiger partial charge on any atom is -0.490 e. The van der Waals surface area contributed by atoms with Crippen molar-refractivity contribution < 1.29 is 19.0 Å². The molecule has 4 aromatic rings. The summed E-state index contributed by atoms with van der Waals surface area (Å²) in [7, 11) is 0. The Balaban J connectivity index is 1.41. The van der Waals surface area contributed by atoms with Crippen LogP contribution < -0.4 is 19.5 Å². The highest BCUT2D eigenvalue weighted by atomic mass is 127. The second-order valence-electron chi connectivity index (χ2n) is 8.14. The standard InChI is InChI=1S/C30H27IN2O4/c1-3-35-28-18-22(19-32-23-12-14-26(15-13-23)37-25-10-5-4-6-11-25)17-27(31)30(28)36-20-29(34)33-24-9-7-8-21(2)16-24/h4-19H,3,20H2,1-2H3,(H,33,34). The molecule has 0 atom stereocenters. The van der Waals surface area contributed by atoms with Gasteiger partial charge in [0.2, 0.25) is 0 Å². The molecule has 1 amide bonds. The summed E-state index contributed by atoms with van der Waals surface area (Å²) >= 11 is 2.18. The second kappa shape index (κ2) is 12.9. The van der Waals surface area contributed by atoms with E-state index in [2.05, 4.69) is 32.9 Å². The highest BCUT2D eigenvalue weighted by Gasteiger charge is 2.14. The van der Waals surface area contributed by atoms with Crippen molar-refractivity contribution in [2.75, 3.05) is 18.5 Å². The van der Waals surface area contributed by atoms with Gasteiger partial charge in [-0.1, -0.05) is 30.3 Å². The number of nitrogens with zero attached hydrogens (tertiary/aromatic N) is 1. The molecule has 0 spiro atoms. The van der Waals surface area contributed by atoms with E-state index < -0.39 is 0 Å². The van der Waals surface area contributed by atoms with Gasteiger partial charge in [0.1, 0.15) is 11.5 Å². The summed E-state index contributed by atoms with van der Waals surface area (Å²) in [4.78, 5) is 17.0. The molecule has 0 saturated carbocycles. The van der Waals surface area contributed by atoms with Gasteiger partial charge in [-0.2, -0.15) is 0 Å². The van der Waals surface area contributed by atoms with Crippen molar-refractivity contribution in [3.63, 3.8) is 0 Å². The third kappa shape index (κ3) is 7.82. The van der Waals surface area contributed by atoms with E-state index in [1.54, 1.807) is 6.21 Å². The molecule has 0 radical (unpaired) electrons. The number of anilines is 1. The predicted octanol–water partition coefficient (Wildman–Crippen LogP) is 7.56. The smallest absolute Gasteiger partial charge is 0.262 e. The summed E-state index contributed by atoms with van der Waals surface area (Å²) in [5, 5.41) is 2.85. The summed E-state index contributed by atoms with van der Waals surface area (Å²) in [6.45, 7) is 4.21. The monoisotopic (exact) mass is 606 g/mol. The summed E-state index contributed by atoms with van der Waals surface area (Å²) in [6.07, 6.45) is 1.77. The normalized spacial score (nSPS) is 10.8. The molecular formula is C30H27IN2O4. The van der Waals surface area contributed by atoms with Gasteiger partial charge in [0, 0.05) is 11.9 Å². The van der Waals surface area contributed by atoms with E-state index in [9.17, 15) is 4.79 Å². The van der Waals surface area contributed by atoms with Crippen LogP contribution in [0.2, 0.25) is 0 Å². The maximum absolute atomic E-state index is 12.4. The van der Waals surface area contributed by atoms with E-state index >= 15 is 0 Å². The van der Waals surface area contributed by atoms with E-state index in [0.29, 0.717) is 18.1 Å². The van der Waals surface area contributed by atoms with Crippen LogP contribution in [0.25, 0.3) is 0 Å². The lowest BCUT2D eigenvalue weighted by Crippen LogP contribution is -2.20. The zero-order chi connectivity index (χ0) is 26.0. The van der Waals surface area contributed by atoms with E-state index in [1.165, 1.54) is 0 Å². The van der Waals surface area contributed by atoms with Crippen molar-refractivity contribution in [2.24, 2.45) is 4.99 Å². The average molecular weight is 606 g/mol. The molecule has 7 heteroatoms. The van der Waals surface area contributed by atoms with Crippen LogP contribution in [-0.2, 0) is 4.79 Å². The van der Waals surface area contributed by atoms with Gasteiger partial charge in [-0.15, -0.1) is 0 Å². The van der Waals surface area contributed by atoms with Crippen LogP contribution in [0.3, 0.4) is 0 Å². The fourth-order valence-corrected chi connectivity index (χ4v) is 4.28. The number of aryl methyl sites for hydroxylation is 1. The Morgan fingerprint density at radius 3 is 2.41 bits per heavy atom. The predicted molar refractivity (Wildman–Crippen MR) is 156 cm³/mol. The number of ether oxygens (including phenoxy) is 3. The first kappa shape index (κ1) is 26.2. The summed E-state index contributed by atoms with van der Waals surface area (Å²) in [6, 6.07) is 28.6. The maximum Gasteiger partial charge on any atom is 0.262 e. The van der Waals surface area contributed by atoms with Crippen molar-refractivity contribution in [3.05, 3.63) is 106 Å². The van der Waals surface area contributed by atoms with Crippen LogP contribution in [0.5, 0.6) is 23.0 Å². The van der Waals surface area contributed by atoms with Crippen LogP contribution in [0.15, 0.2) is 96.0 Å². The molecule has 4 aromatic carbocycles. The quantitative estimate of drug-likeness (QED) is 0.150. The molecule has 0 heterocycles. The van der Waals surface area contributed by atoms with Gasteiger partial charge in [0.05, 0.1) is 15.9 Å². The van der Waals surface area contributed by atoms with E-state index in [1.807, 2.05) is 105 Å². The Kier molecular flexibility index (Phi) is 9.15. The Hall–Kier alpha value is -3.85.